The molecule has 0 N–H and O–H groups in total. The minimum absolute atomic E-state index is 0.0623. The van der Waals surface area contributed by atoms with Gasteiger partial charge in [-0.2, -0.15) is 0 Å². The molecule has 0 amide bonds. The van der Waals surface area contributed by atoms with Gasteiger partial charge in [-0.25, -0.2) is 9.38 Å². The van der Waals surface area contributed by atoms with Crippen LogP contribution in [0.15, 0.2) is 45.7 Å². The van der Waals surface area contributed by atoms with Crippen molar-refractivity contribution in [3.8, 4) is 11.5 Å². The molecule has 150 valence electrons. The summed E-state index contributed by atoms with van der Waals surface area (Å²) in [5.41, 5.74) is 2.46. The minimum atomic E-state index is -0.0623. The average Bonchev–Trinajstić information content (AvgIpc) is 3.21. The number of fused-ring (bicyclic) bond motifs is 3. The van der Waals surface area contributed by atoms with Gasteiger partial charge in [0.25, 0.3) is 5.56 Å². The predicted octanol–water partition coefficient (Wildman–Crippen LogP) is 4.80. The molecule has 1 unspecified atom stereocenters. The Labute approximate surface area is 180 Å². The van der Waals surface area contributed by atoms with Crippen molar-refractivity contribution in [3.63, 3.8) is 0 Å². The van der Waals surface area contributed by atoms with Crippen LogP contribution in [0.3, 0.4) is 0 Å². The molecular weight excluding hydrogens is 452 g/mol. The van der Waals surface area contributed by atoms with Crippen LogP contribution in [0.25, 0.3) is 22.1 Å². The number of para-hydroxylation sites is 2. The fourth-order valence-corrected chi connectivity index (χ4v) is 4.64. The lowest BCUT2D eigenvalue weighted by Crippen LogP contribution is -2.22. The molecule has 5 nitrogen and oxygen atoms in total. The lowest BCUT2D eigenvalue weighted by atomic mass is 10.2. The normalized spacial score (nSPS) is 13.3. The number of ether oxygens (including phenoxy) is 2. The molecule has 4 aromatic rings. The van der Waals surface area contributed by atoms with E-state index in [4.69, 9.17) is 9.47 Å². The summed E-state index contributed by atoms with van der Waals surface area (Å²) < 4.78 is 14.9. The van der Waals surface area contributed by atoms with Crippen molar-refractivity contribution in [1.82, 2.24) is 9.38 Å². The van der Waals surface area contributed by atoms with E-state index in [9.17, 15) is 4.79 Å². The fourth-order valence-electron chi connectivity index (χ4n) is 3.10. The summed E-state index contributed by atoms with van der Waals surface area (Å²) in [7, 11) is 0. The van der Waals surface area contributed by atoms with Crippen molar-refractivity contribution >= 4 is 49.3 Å². The molecule has 0 aliphatic carbocycles. The molecule has 2 heterocycles. The van der Waals surface area contributed by atoms with Crippen LogP contribution in [0, 0.1) is 0 Å². The second-order valence-corrected chi connectivity index (χ2v) is 8.60. The van der Waals surface area contributed by atoms with Crippen LogP contribution in [0.5, 0.6) is 11.5 Å². The first kappa shape index (κ1) is 19.9. The van der Waals surface area contributed by atoms with Gasteiger partial charge in [0, 0.05) is 0 Å². The topological polar surface area (TPSA) is 52.8 Å². The molecule has 2 aromatic carbocycles. The Balaban J connectivity index is 1.83. The van der Waals surface area contributed by atoms with Gasteiger partial charge in [0.2, 0.25) is 0 Å². The maximum atomic E-state index is 13.0. The lowest BCUT2D eigenvalue weighted by Gasteiger charge is -2.18. The third-order valence-corrected chi connectivity index (χ3v) is 6.23. The SMILES string of the molecule is CCOc1cc(C=c2sc3nc4ccccc4n3c2=O)cc(Br)c1OC(C)CC. The molecule has 0 saturated heterocycles. The van der Waals surface area contributed by atoms with E-state index in [-0.39, 0.29) is 11.7 Å². The van der Waals surface area contributed by atoms with Gasteiger partial charge in [-0.3, -0.25) is 4.79 Å². The second kappa shape index (κ2) is 8.16. The third kappa shape index (κ3) is 3.76. The number of hydrogen-bond acceptors (Lipinski definition) is 5. The van der Waals surface area contributed by atoms with Crippen LogP contribution in [-0.2, 0) is 0 Å². The maximum absolute atomic E-state index is 13.0. The highest BCUT2D eigenvalue weighted by atomic mass is 79.9. The number of benzene rings is 2. The van der Waals surface area contributed by atoms with Gasteiger partial charge >= 0.3 is 0 Å². The Bertz CT molecular complexity index is 1300. The number of halogens is 1. The van der Waals surface area contributed by atoms with Crippen LogP contribution in [0.1, 0.15) is 32.8 Å². The van der Waals surface area contributed by atoms with E-state index < -0.39 is 0 Å². The van der Waals surface area contributed by atoms with Crippen molar-refractivity contribution in [2.45, 2.75) is 33.3 Å². The smallest absolute Gasteiger partial charge is 0.274 e. The zero-order chi connectivity index (χ0) is 20.5. The highest BCUT2D eigenvalue weighted by Crippen LogP contribution is 2.38. The number of nitrogens with zero attached hydrogens (tertiary/aromatic N) is 2. The van der Waals surface area contributed by atoms with Gasteiger partial charge in [-0.05, 0) is 72.1 Å². The molecule has 0 spiro atoms. The zero-order valence-corrected chi connectivity index (χ0v) is 18.8. The second-order valence-electron chi connectivity index (χ2n) is 6.73. The number of hydrogen-bond donors (Lipinski definition) is 0. The summed E-state index contributed by atoms with van der Waals surface area (Å²) in [5, 5.41) is 0. The Morgan fingerprint density at radius 2 is 2.07 bits per heavy atom. The molecule has 0 fully saturated rings. The Hall–Kier alpha value is -2.38. The van der Waals surface area contributed by atoms with Gasteiger partial charge in [-0.1, -0.05) is 30.4 Å². The monoisotopic (exact) mass is 472 g/mol. The first-order valence-corrected chi connectivity index (χ1v) is 11.2. The van der Waals surface area contributed by atoms with Gasteiger partial charge in [0.1, 0.15) is 0 Å². The van der Waals surface area contributed by atoms with Crippen LogP contribution in [0.2, 0.25) is 0 Å². The molecule has 29 heavy (non-hydrogen) atoms. The van der Waals surface area contributed by atoms with Gasteiger partial charge < -0.3 is 9.47 Å². The van der Waals surface area contributed by atoms with Crippen molar-refractivity contribution in [2.24, 2.45) is 0 Å². The summed E-state index contributed by atoms with van der Waals surface area (Å²) >= 11 is 4.98. The fraction of sp³-hybridized carbons (Fsp3) is 0.273. The largest absolute Gasteiger partial charge is 0.490 e. The summed E-state index contributed by atoms with van der Waals surface area (Å²) in [6, 6.07) is 11.5. The van der Waals surface area contributed by atoms with E-state index in [0.29, 0.717) is 27.6 Å². The van der Waals surface area contributed by atoms with E-state index in [1.54, 1.807) is 4.40 Å². The standard InChI is InChI=1S/C22H21BrN2O3S/c1-4-13(3)28-20-15(23)10-14(11-18(20)27-5-2)12-19-21(26)25-17-9-7-6-8-16(17)24-22(25)29-19/h6-13H,4-5H2,1-3H3. The summed E-state index contributed by atoms with van der Waals surface area (Å²) in [6.07, 6.45) is 2.84. The number of aromatic nitrogens is 2. The highest BCUT2D eigenvalue weighted by molar-refractivity contribution is 9.10. The summed E-state index contributed by atoms with van der Waals surface area (Å²) in [4.78, 5) is 18.3. The number of rotatable bonds is 6. The van der Waals surface area contributed by atoms with Crippen LogP contribution >= 0.6 is 27.3 Å². The summed E-state index contributed by atoms with van der Waals surface area (Å²) in [5.74, 6) is 1.35. The Kier molecular flexibility index (Phi) is 5.61. The van der Waals surface area contributed by atoms with Gasteiger partial charge in [0.15, 0.2) is 16.5 Å². The average molecular weight is 473 g/mol. The van der Waals surface area contributed by atoms with E-state index in [1.165, 1.54) is 11.3 Å². The first-order valence-electron chi connectivity index (χ1n) is 9.56. The maximum Gasteiger partial charge on any atom is 0.274 e. The molecule has 4 rings (SSSR count). The van der Waals surface area contributed by atoms with Crippen molar-refractivity contribution in [2.75, 3.05) is 6.61 Å². The van der Waals surface area contributed by atoms with Gasteiger partial charge in [0.05, 0.1) is 32.7 Å². The molecule has 0 saturated carbocycles. The number of thiazole rings is 1. The van der Waals surface area contributed by atoms with Crippen LogP contribution in [0.4, 0.5) is 0 Å². The lowest BCUT2D eigenvalue weighted by molar-refractivity contribution is 0.202. The molecular formula is C22H21BrN2O3S. The molecule has 7 heteroatoms. The minimum Gasteiger partial charge on any atom is -0.490 e. The van der Waals surface area contributed by atoms with E-state index in [1.807, 2.05) is 56.3 Å². The highest BCUT2D eigenvalue weighted by Gasteiger charge is 2.15. The molecule has 0 bridgehead atoms. The van der Waals surface area contributed by atoms with E-state index in [2.05, 4.69) is 27.8 Å². The Morgan fingerprint density at radius 3 is 2.83 bits per heavy atom. The van der Waals surface area contributed by atoms with Crippen LogP contribution in [-0.4, -0.2) is 22.1 Å². The zero-order valence-electron chi connectivity index (χ0n) is 16.4. The van der Waals surface area contributed by atoms with Crippen molar-refractivity contribution in [1.29, 1.82) is 0 Å². The predicted molar refractivity (Wildman–Crippen MR) is 121 cm³/mol. The molecule has 1 atom stereocenters. The summed E-state index contributed by atoms with van der Waals surface area (Å²) in [6.45, 7) is 6.57. The van der Waals surface area contributed by atoms with E-state index >= 15 is 0 Å². The molecule has 0 aliphatic rings. The molecule has 2 aromatic heterocycles. The Morgan fingerprint density at radius 1 is 1.28 bits per heavy atom. The van der Waals surface area contributed by atoms with Gasteiger partial charge in [-0.15, -0.1) is 0 Å². The third-order valence-electron chi connectivity index (χ3n) is 4.67. The van der Waals surface area contributed by atoms with Crippen molar-refractivity contribution < 1.29 is 9.47 Å². The van der Waals surface area contributed by atoms with Crippen molar-refractivity contribution in [3.05, 3.63) is 61.3 Å². The molecule has 0 aliphatic heterocycles. The quantitative estimate of drug-likeness (QED) is 0.404. The molecule has 0 radical (unpaired) electrons. The van der Waals surface area contributed by atoms with Crippen LogP contribution < -0.4 is 19.6 Å². The number of imidazole rings is 1. The van der Waals surface area contributed by atoms with E-state index in [0.717, 1.165) is 27.5 Å². The first-order chi connectivity index (χ1) is 14.0.